The maximum Gasteiger partial charge on any atom is -0.0129 e. The molecule has 2 aromatic rings. The SMILES string of the molecule is Cc1ccc(CCc2ccc(C)c(C(C)(C)C)c2)cc1C(C)(C)C. The quantitative estimate of drug-likeness (QED) is 0.591. The van der Waals surface area contributed by atoms with Gasteiger partial charge in [0.25, 0.3) is 0 Å². The van der Waals surface area contributed by atoms with Crippen molar-refractivity contribution in [3.05, 3.63) is 69.8 Å². The summed E-state index contributed by atoms with van der Waals surface area (Å²) < 4.78 is 0. The topological polar surface area (TPSA) is 0 Å². The van der Waals surface area contributed by atoms with E-state index in [1.807, 2.05) is 0 Å². The first-order chi connectivity index (χ1) is 11.0. The first-order valence-electron chi connectivity index (χ1n) is 9.18. The highest BCUT2D eigenvalue weighted by atomic mass is 14.2. The van der Waals surface area contributed by atoms with Gasteiger partial charge in [0, 0.05) is 0 Å². The Morgan fingerprint density at radius 2 is 0.917 bits per heavy atom. The van der Waals surface area contributed by atoms with Gasteiger partial charge in [0.05, 0.1) is 0 Å². The molecule has 0 heterocycles. The molecule has 0 N–H and O–H groups in total. The normalized spacial score (nSPS) is 12.5. The summed E-state index contributed by atoms with van der Waals surface area (Å²) in [7, 11) is 0. The summed E-state index contributed by atoms with van der Waals surface area (Å²) >= 11 is 0. The fourth-order valence-electron chi connectivity index (χ4n) is 3.55. The lowest BCUT2D eigenvalue weighted by Gasteiger charge is -2.23. The Balaban J connectivity index is 2.20. The molecule has 0 aliphatic carbocycles. The van der Waals surface area contributed by atoms with E-state index in [4.69, 9.17) is 0 Å². The van der Waals surface area contributed by atoms with Crippen LogP contribution in [0.4, 0.5) is 0 Å². The van der Waals surface area contributed by atoms with Crippen LogP contribution in [0.25, 0.3) is 0 Å². The van der Waals surface area contributed by atoms with Crippen molar-refractivity contribution < 1.29 is 0 Å². The molecule has 2 aromatic carbocycles. The Kier molecular flexibility index (Phi) is 5.28. The zero-order chi connectivity index (χ0) is 18.1. The predicted molar refractivity (Wildman–Crippen MR) is 107 cm³/mol. The molecule has 0 aromatic heterocycles. The first kappa shape index (κ1) is 18.8. The van der Waals surface area contributed by atoms with Gasteiger partial charge in [0.1, 0.15) is 0 Å². The van der Waals surface area contributed by atoms with E-state index >= 15 is 0 Å². The molecule has 0 atom stereocenters. The molecule has 2 rings (SSSR count). The second-order valence-electron chi connectivity index (χ2n) is 9.30. The highest BCUT2D eigenvalue weighted by Crippen LogP contribution is 2.28. The number of benzene rings is 2. The van der Waals surface area contributed by atoms with Crippen LogP contribution in [-0.4, -0.2) is 0 Å². The van der Waals surface area contributed by atoms with Crippen LogP contribution < -0.4 is 0 Å². The van der Waals surface area contributed by atoms with E-state index in [1.54, 1.807) is 0 Å². The minimum absolute atomic E-state index is 0.212. The zero-order valence-corrected chi connectivity index (χ0v) is 16.9. The first-order valence-corrected chi connectivity index (χ1v) is 9.18. The second kappa shape index (κ2) is 6.75. The van der Waals surface area contributed by atoms with Gasteiger partial charge in [-0.3, -0.25) is 0 Å². The average molecular weight is 323 g/mol. The van der Waals surface area contributed by atoms with E-state index in [0.29, 0.717) is 0 Å². The van der Waals surface area contributed by atoms with Crippen LogP contribution in [-0.2, 0) is 23.7 Å². The highest BCUT2D eigenvalue weighted by Gasteiger charge is 2.18. The van der Waals surface area contributed by atoms with E-state index in [9.17, 15) is 0 Å². The van der Waals surface area contributed by atoms with Gasteiger partial charge in [-0.05, 0) is 70.9 Å². The second-order valence-corrected chi connectivity index (χ2v) is 9.30. The maximum atomic E-state index is 2.41. The zero-order valence-electron chi connectivity index (χ0n) is 16.9. The molecule has 0 saturated carbocycles. The van der Waals surface area contributed by atoms with Crippen molar-refractivity contribution in [2.24, 2.45) is 0 Å². The Bertz CT molecular complexity index is 642. The van der Waals surface area contributed by atoms with Gasteiger partial charge in [-0.25, -0.2) is 0 Å². The van der Waals surface area contributed by atoms with Gasteiger partial charge < -0.3 is 0 Å². The molecule has 0 unspecified atom stereocenters. The largest absolute Gasteiger partial charge is 0.0588 e. The van der Waals surface area contributed by atoms with Crippen molar-refractivity contribution >= 4 is 0 Å². The van der Waals surface area contributed by atoms with Crippen LogP contribution in [0.3, 0.4) is 0 Å². The maximum absolute atomic E-state index is 2.41. The predicted octanol–water partition coefficient (Wildman–Crippen LogP) is 6.68. The Hall–Kier alpha value is -1.56. The molecule has 24 heavy (non-hydrogen) atoms. The van der Waals surface area contributed by atoms with Crippen molar-refractivity contribution in [2.75, 3.05) is 0 Å². The van der Waals surface area contributed by atoms with Crippen molar-refractivity contribution in [1.29, 1.82) is 0 Å². The van der Waals surface area contributed by atoms with Gasteiger partial charge in [0.2, 0.25) is 0 Å². The number of aryl methyl sites for hydroxylation is 4. The van der Waals surface area contributed by atoms with Crippen LogP contribution in [0.5, 0.6) is 0 Å². The minimum atomic E-state index is 0.212. The summed E-state index contributed by atoms with van der Waals surface area (Å²) in [6.45, 7) is 18.2. The molecule has 0 radical (unpaired) electrons. The van der Waals surface area contributed by atoms with Gasteiger partial charge >= 0.3 is 0 Å². The highest BCUT2D eigenvalue weighted by molar-refractivity contribution is 5.38. The van der Waals surface area contributed by atoms with E-state index in [2.05, 4.69) is 91.8 Å². The van der Waals surface area contributed by atoms with Gasteiger partial charge in [-0.15, -0.1) is 0 Å². The summed E-state index contributed by atoms with van der Waals surface area (Å²) in [5.74, 6) is 0. The average Bonchev–Trinajstić information content (AvgIpc) is 2.45. The molecule has 0 amide bonds. The lowest BCUT2D eigenvalue weighted by molar-refractivity contribution is 0.584. The molecule has 0 bridgehead atoms. The minimum Gasteiger partial charge on any atom is -0.0588 e. The monoisotopic (exact) mass is 322 g/mol. The van der Waals surface area contributed by atoms with E-state index in [1.165, 1.54) is 33.4 Å². The number of hydrogen-bond donors (Lipinski definition) is 0. The standard InChI is InChI=1S/C24H34/c1-17-9-11-19(15-21(17)23(3,4)5)13-14-20-12-10-18(2)22(16-20)24(6,7)8/h9-12,15-16H,13-14H2,1-8H3. The number of hydrogen-bond acceptors (Lipinski definition) is 0. The van der Waals surface area contributed by atoms with Gasteiger partial charge in [-0.1, -0.05) is 77.9 Å². The van der Waals surface area contributed by atoms with Crippen molar-refractivity contribution in [1.82, 2.24) is 0 Å². The number of rotatable bonds is 3. The molecule has 0 heteroatoms. The van der Waals surface area contributed by atoms with Crippen LogP contribution in [0.15, 0.2) is 36.4 Å². The molecule has 0 saturated heterocycles. The molecule has 0 fully saturated rings. The molecule has 0 spiro atoms. The van der Waals surface area contributed by atoms with Gasteiger partial charge in [0.15, 0.2) is 0 Å². The van der Waals surface area contributed by atoms with Crippen molar-refractivity contribution in [3.8, 4) is 0 Å². The van der Waals surface area contributed by atoms with Crippen LogP contribution in [0, 0.1) is 13.8 Å². The summed E-state index contributed by atoms with van der Waals surface area (Å²) in [6, 6.07) is 14.0. The van der Waals surface area contributed by atoms with Crippen molar-refractivity contribution in [2.45, 2.75) is 79.1 Å². The molecular formula is C24H34. The Labute approximate surface area is 149 Å². The summed E-state index contributed by atoms with van der Waals surface area (Å²) in [4.78, 5) is 0. The van der Waals surface area contributed by atoms with Gasteiger partial charge in [-0.2, -0.15) is 0 Å². The van der Waals surface area contributed by atoms with E-state index in [-0.39, 0.29) is 10.8 Å². The third-order valence-corrected chi connectivity index (χ3v) is 4.92. The third-order valence-electron chi connectivity index (χ3n) is 4.92. The van der Waals surface area contributed by atoms with Crippen LogP contribution in [0.1, 0.15) is 74.9 Å². The Morgan fingerprint density at radius 3 is 1.21 bits per heavy atom. The smallest absolute Gasteiger partial charge is 0.0129 e. The molecule has 130 valence electrons. The Morgan fingerprint density at radius 1 is 0.583 bits per heavy atom. The molecule has 0 aliphatic heterocycles. The summed E-state index contributed by atoms with van der Waals surface area (Å²) in [5, 5.41) is 0. The van der Waals surface area contributed by atoms with E-state index < -0.39 is 0 Å². The van der Waals surface area contributed by atoms with Crippen LogP contribution >= 0.6 is 0 Å². The lowest BCUT2D eigenvalue weighted by Crippen LogP contribution is -2.14. The third kappa shape index (κ3) is 4.50. The summed E-state index contributed by atoms with van der Waals surface area (Å²) in [6.07, 6.45) is 2.21. The van der Waals surface area contributed by atoms with Crippen LogP contribution in [0.2, 0.25) is 0 Å². The van der Waals surface area contributed by atoms with Crippen molar-refractivity contribution in [3.63, 3.8) is 0 Å². The fourth-order valence-corrected chi connectivity index (χ4v) is 3.55. The molecular weight excluding hydrogens is 288 g/mol. The molecule has 0 nitrogen and oxygen atoms in total. The lowest BCUT2D eigenvalue weighted by atomic mass is 9.82. The van der Waals surface area contributed by atoms with E-state index in [0.717, 1.165) is 12.8 Å². The molecule has 0 aliphatic rings. The summed E-state index contributed by atoms with van der Waals surface area (Å²) in [5.41, 5.74) is 9.06. The fraction of sp³-hybridized carbons (Fsp3) is 0.500.